The van der Waals surface area contributed by atoms with Crippen LogP contribution >= 0.6 is 0 Å². The summed E-state index contributed by atoms with van der Waals surface area (Å²) in [7, 11) is 1.40. The number of carbonyl (C=O) groups is 2. The first-order valence-electron chi connectivity index (χ1n) is 13.3. The fourth-order valence-electron chi connectivity index (χ4n) is 5.40. The molecule has 1 N–H and O–H groups in total. The summed E-state index contributed by atoms with van der Waals surface area (Å²) in [6, 6.07) is 16.3. The number of hydrogen-bond donors (Lipinski definition) is 1. The van der Waals surface area contributed by atoms with Gasteiger partial charge in [-0.05, 0) is 78.7 Å². The van der Waals surface area contributed by atoms with Gasteiger partial charge in [0.05, 0.1) is 35.3 Å². The van der Waals surface area contributed by atoms with E-state index >= 15 is 8.78 Å². The SMILES string of the molecule is CNC(=O)c1c(-c2ccc(F)cc2)oc2ccc(-c3cc(C(=O)CC4(c5ccccn5)COC4)cc(F)c3C)c(F)c12. The second-order valence-electron chi connectivity index (χ2n) is 10.4. The van der Waals surface area contributed by atoms with Crippen molar-refractivity contribution in [2.45, 2.75) is 18.8 Å². The highest BCUT2D eigenvalue weighted by Crippen LogP contribution is 2.41. The van der Waals surface area contributed by atoms with Crippen molar-refractivity contribution in [1.29, 1.82) is 0 Å². The van der Waals surface area contributed by atoms with E-state index in [-0.39, 0.29) is 56.8 Å². The molecule has 1 amide bonds. The minimum atomic E-state index is -0.812. The number of furan rings is 1. The van der Waals surface area contributed by atoms with E-state index < -0.39 is 28.8 Å². The molecule has 0 aliphatic carbocycles. The lowest BCUT2D eigenvalue weighted by atomic mass is 9.76. The van der Waals surface area contributed by atoms with Crippen LogP contribution < -0.4 is 5.32 Å². The second kappa shape index (κ2) is 10.6. The van der Waals surface area contributed by atoms with Crippen molar-refractivity contribution in [2.75, 3.05) is 20.3 Å². The molecule has 0 saturated carbocycles. The standard InChI is InChI=1S/C33H25F3N2O4/c1-18-23(13-20(14-24(18)35)25(39)15-33(16-41-17-33)27-5-3-4-12-38-27)22-10-11-26-28(30(22)36)29(32(40)37-2)31(42-26)19-6-8-21(34)9-7-19/h3-14H,15-17H2,1-2H3,(H,37,40). The van der Waals surface area contributed by atoms with Gasteiger partial charge in [-0.2, -0.15) is 0 Å². The normalized spacial score (nSPS) is 14.0. The van der Waals surface area contributed by atoms with Gasteiger partial charge in [0.1, 0.15) is 28.8 Å². The largest absolute Gasteiger partial charge is 0.455 e. The van der Waals surface area contributed by atoms with E-state index in [1.165, 1.54) is 56.4 Å². The molecule has 3 aromatic carbocycles. The van der Waals surface area contributed by atoms with Gasteiger partial charge in [0.15, 0.2) is 5.78 Å². The second-order valence-corrected chi connectivity index (χ2v) is 10.4. The number of rotatable bonds is 7. The lowest BCUT2D eigenvalue weighted by Crippen LogP contribution is -2.48. The lowest BCUT2D eigenvalue weighted by molar-refractivity contribution is -0.0621. The van der Waals surface area contributed by atoms with Crippen molar-refractivity contribution in [2.24, 2.45) is 0 Å². The average Bonchev–Trinajstić information content (AvgIpc) is 3.37. The van der Waals surface area contributed by atoms with Gasteiger partial charge in [-0.25, -0.2) is 13.2 Å². The Kier molecular flexibility index (Phi) is 6.90. The zero-order chi connectivity index (χ0) is 29.6. The molecule has 1 aliphatic heterocycles. The van der Waals surface area contributed by atoms with Crippen LogP contribution in [0.25, 0.3) is 33.4 Å². The first-order chi connectivity index (χ1) is 20.2. The maximum Gasteiger partial charge on any atom is 0.255 e. The third kappa shape index (κ3) is 4.55. The van der Waals surface area contributed by atoms with E-state index in [9.17, 15) is 14.0 Å². The van der Waals surface area contributed by atoms with Crippen LogP contribution in [-0.2, 0) is 10.2 Å². The van der Waals surface area contributed by atoms with Gasteiger partial charge in [-0.15, -0.1) is 0 Å². The fourth-order valence-corrected chi connectivity index (χ4v) is 5.40. The number of ketones is 1. The smallest absolute Gasteiger partial charge is 0.255 e. The van der Waals surface area contributed by atoms with Crippen LogP contribution in [0.15, 0.2) is 77.3 Å². The highest BCUT2D eigenvalue weighted by atomic mass is 19.1. The predicted octanol–water partition coefficient (Wildman–Crippen LogP) is 6.79. The van der Waals surface area contributed by atoms with Gasteiger partial charge in [0.2, 0.25) is 0 Å². The maximum absolute atomic E-state index is 16.4. The molecule has 0 unspecified atom stereocenters. The van der Waals surface area contributed by atoms with Crippen molar-refractivity contribution >= 4 is 22.7 Å². The summed E-state index contributed by atoms with van der Waals surface area (Å²) in [5.41, 5.74) is 0.864. The minimum absolute atomic E-state index is 0.00317. The first-order valence-corrected chi connectivity index (χ1v) is 13.3. The molecule has 1 saturated heterocycles. The Morgan fingerprint density at radius 3 is 2.38 bits per heavy atom. The fraction of sp³-hybridized carbons (Fsp3) is 0.182. The van der Waals surface area contributed by atoms with Crippen LogP contribution in [0, 0.1) is 24.4 Å². The Hall–Kier alpha value is -4.76. The van der Waals surface area contributed by atoms with Crippen molar-refractivity contribution in [1.82, 2.24) is 10.3 Å². The molecule has 0 atom stereocenters. The van der Waals surface area contributed by atoms with E-state index in [0.717, 1.165) is 6.07 Å². The molecule has 1 aliphatic rings. The number of carbonyl (C=O) groups excluding carboxylic acids is 2. The molecule has 2 aromatic heterocycles. The number of aromatic nitrogens is 1. The molecule has 9 heteroatoms. The molecule has 3 heterocycles. The van der Waals surface area contributed by atoms with Gasteiger partial charge in [-0.1, -0.05) is 6.07 Å². The van der Waals surface area contributed by atoms with Gasteiger partial charge in [0.25, 0.3) is 5.91 Å². The molecular formula is C33H25F3N2O4. The lowest BCUT2D eigenvalue weighted by Gasteiger charge is -2.40. The summed E-state index contributed by atoms with van der Waals surface area (Å²) >= 11 is 0. The zero-order valence-corrected chi connectivity index (χ0v) is 22.8. The molecule has 6 nitrogen and oxygen atoms in total. The highest BCUT2D eigenvalue weighted by Gasteiger charge is 2.43. The van der Waals surface area contributed by atoms with Crippen LogP contribution in [0.5, 0.6) is 0 Å². The Labute approximate surface area is 239 Å². The number of pyridine rings is 1. The minimum Gasteiger partial charge on any atom is -0.455 e. The van der Waals surface area contributed by atoms with E-state index in [4.69, 9.17) is 9.15 Å². The Bertz CT molecular complexity index is 1850. The van der Waals surface area contributed by atoms with E-state index in [1.54, 1.807) is 12.3 Å². The van der Waals surface area contributed by atoms with Crippen LogP contribution in [-0.4, -0.2) is 36.9 Å². The topological polar surface area (TPSA) is 81.4 Å². The third-order valence-electron chi connectivity index (χ3n) is 7.77. The highest BCUT2D eigenvalue weighted by molar-refractivity contribution is 6.12. The number of halogens is 3. The first kappa shape index (κ1) is 27.4. The van der Waals surface area contributed by atoms with Crippen LogP contribution in [0.3, 0.4) is 0 Å². The van der Waals surface area contributed by atoms with Crippen molar-refractivity contribution in [3.63, 3.8) is 0 Å². The molecule has 0 bridgehead atoms. The summed E-state index contributed by atoms with van der Waals surface area (Å²) in [5.74, 6) is -2.84. The van der Waals surface area contributed by atoms with Crippen LogP contribution in [0.2, 0.25) is 0 Å². The van der Waals surface area contributed by atoms with E-state index in [0.29, 0.717) is 24.5 Å². The summed E-state index contributed by atoms with van der Waals surface area (Å²) < 4.78 is 56.5. The molecule has 212 valence electrons. The number of ether oxygens (including phenoxy) is 1. The summed E-state index contributed by atoms with van der Waals surface area (Å²) in [6.45, 7) is 2.11. The quantitative estimate of drug-likeness (QED) is 0.218. The van der Waals surface area contributed by atoms with Crippen molar-refractivity contribution in [3.8, 4) is 22.5 Å². The summed E-state index contributed by atoms with van der Waals surface area (Å²) in [5, 5.41) is 2.39. The molecule has 0 spiro atoms. The number of nitrogens with zero attached hydrogens (tertiary/aromatic N) is 1. The van der Waals surface area contributed by atoms with E-state index in [2.05, 4.69) is 10.3 Å². The maximum atomic E-state index is 16.4. The number of benzene rings is 3. The Balaban J connectivity index is 1.45. The third-order valence-corrected chi connectivity index (χ3v) is 7.77. The summed E-state index contributed by atoms with van der Waals surface area (Å²) in [6.07, 6.45) is 1.68. The number of amides is 1. The number of nitrogens with one attached hydrogen (secondary N) is 1. The number of fused-ring (bicyclic) bond motifs is 1. The van der Waals surface area contributed by atoms with Crippen LogP contribution in [0.1, 0.15) is 38.4 Å². The Morgan fingerprint density at radius 1 is 0.976 bits per heavy atom. The Morgan fingerprint density at radius 2 is 1.74 bits per heavy atom. The molecule has 5 aromatic rings. The number of hydrogen-bond acceptors (Lipinski definition) is 5. The average molecular weight is 571 g/mol. The molecular weight excluding hydrogens is 545 g/mol. The van der Waals surface area contributed by atoms with E-state index in [1.807, 2.05) is 12.1 Å². The number of Topliss-reactive ketones (excluding diaryl/α,β-unsaturated/α-hetero) is 1. The molecule has 1 fully saturated rings. The molecule has 42 heavy (non-hydrogen) atoms. The molecule has 6 rings (SSSR count). The van der Waals surface area contributed by atoms with Crippen LogP contribution in [0.4, 0.5) is 13.2 Å². The summed E-state index contributed by atoms with van der Waals surface area (Å²) in [4.78, 5) is 30.9. The van der Waals surface area contributed by atoms with Crippen molar-refractivity contribution in [3.05, 3.63) is 113 Å². The molecule has 0 radical (unpaired) electrons. The predicted molar refractivity (Wildman–Crippen MR) is 151 cm³/mol. The zero-order valence-electron chi connectivity index (χ0n) is 22.8. The van der Waals surface area contributed by atoms with Gasteiger partial charge in [-0.3, -0.25) is 14.6 Å². The van der Waals surface area contributed by atoms with Crippen molar-refractivity contribution < 1.29 is 31.9 Å². The van der Waals surface area contributed by atoms with Gasteiger partial charge in [0, 0.05) is 36.4 Å². The van der Waals surface area contributed by atoms with Gasteiger partial charge >= 0.3 is 0 Å². The monoisotopic (exact) mass is 570 g/mol. The van der Waals surface area contributed by atoms with Gasteiger partial charge < -0.3 is 14.5 Å².